The van der Waals surface area contributed by atoms with Crippen molar-refractivity contribution in [3.05, 3.63) is 112 Å². The second-order valence-corrected chi connectivity index (χ2v) is 7.47. The molecule has 0 bridgehead atoms. The molecule has 3 aromatic carbocycles. The Labute approximate surface area is 194 Å². The normalized spacial score (nSPS) is 11.2. The zero-order valence-corrected chi connectivity index (χ0v) is 17.9. The van der Waals surface area contributed by atoms with Crippen LogP contribution < -0.4 is 15.7 Å². The Morgan fingerprint density at radius 2 is 1.76 bits per heavy atom. The number of aromatic nitrogens is 3. The minimum Gasteiger partial charge on any atom is -0.487 e. The maximum absolute atomic E-state index is 12.4. The molecule has 2 N–H and O–H groups in total. The maximum Gasteiger partial charge on any atom is 0.307 e. The fourth-order valence-corrected chi connectivity index (χ4v) is 3.46. The van der Waals surface area contributed by atoms with Crippen LogP contribution in [0.1, 0.15) is 21.9 Å². The minimum absolute atomic E-state index is 0.121. The lowest BCUT2D eigenvalue weighted by Gasteiger charge is -2.09. The van der Waals surface area contributed by atoms with E-state index in [9.17, 15) is 9.59 Å². The fraction of sp³-hybridized carbons (Fsp3) is 0.0385. The molecule has 34 heavy (non-hydrogen) atoms. The van der Waals surface area contributed by atoms with E-state index >= 15 is 0 Å². The number of ether oxygens (including phenoxy) is 1. The van der Waals surface area contributed by atoms with Crippen molar-refractivity contribution in [3.63, 3.8) is 0 Å². The van der Waals surface area contributed by atoms with Crippen LogP contribution in [0.3, 0.4) is 0 Å². The average Bonchev–Trinajstić information content (AvgIpc) is 2.88. The van der Waals surface area contributed by atoms with Gasteiger partial charge >= 0.3 is 5.91 Å². The monoisotopic (exact) mass is 449 g/mol. The molecule has 2 aromatic heterocycles. The zero-order valence-electron chi connectivity index (χ0n) is 17.9. The molecule has 0 aliphatic heterocycles. The number of H-pyrrole nitrogens is 1. The van der Waals surface area contributed by atoms with Gasteiger partial charge in [-0.3, -0.25) is 9.59 Å². The maximum atomic E-state index is 12.4. The zero-order chi connectivity index (χ0) is 23.3. The number of pyridine rings is 1. The van der Waals surface area contributed by atoms with Crippen LogP contribution in [0.4, 0.5) is 0 Å². The number of nitrogens with zero attached hydrogens (tertiary/aromatic N) is 3. The Balaban J connectivity index is 1.33. The first kappa shape index (κ1) is 21.0. The first-order valence-corrected chi connectivity index (χ1v) is 10.6. The van der Waals surface area contributed by atoms with Crippen LogP contribution in [0.15, 0.2) is 94.8 Å². The highest BCUT2D eigenvalue weighted by molar-refractivity contribution is 5.93. The predicted molar refractivity (Wildman–Crippen MR) is 130 cm³/mol. The van der Waals surface area contributed by atoms with Gasteiger partial charge in [0.15, 0.2) is 0 Å². The van der Waals surface area contributed by atoms with E-state index in [-0.39, 0.29) is 11.4 Å². The van der Waals surface area contributed by atoms with Crippen molar-refractivity contribution in [2.24, 2.45) is 5.10 Å². The fourth-order valence-electron chi connectivity index (χ4n) is 3.46. The first-order valence-electron chi connectivity index (χ1n) is 10.6. The van der Waals surface area contributed by atoms with Crippen LogP contribution in [-0.2, 0) is 6.61 Å². The van der Waals surface area contributed by atoms with Gasteiger partial charge in [0.1, 0.15) is 17.9 Å². The Morgan fingerprint density at radius 3 is 2.65 bits per heavy atom. The molecule has 166 valence electrons. The Hall–Kier alpha value is -4.85. The van der Waals surface area contributed by atoms with Crippen LogP contribution in [0, 0.1) is 0 Å². The first-order chi connectivity index (χ1) is 16.7. The van der Waals surface area contributed by atoms with E-state index in [0.717, 1.165) is 10.9 Å². The predicted octanol–water partition coefficient (Wildman–Crippen LogP) is 3.81. The van der Waals surface area contributed by atoms with E-state index in [1.54, 1.807) is 30.3 Å². The molecule has 0 radical (unpaired) electrons. The van der Waals surface area contributed by atoms with Crippen molar-refractivity contribution in [2.75, 3.05) is 0 Å². The van der Waals surface area contributed by atoms with E-state index < -0.39 is 5.91 Å². The topological polar surface area (TPSA) is 109 Å². The Bertz CT molecular complexity index is 1580. The van der Waals surface area contributed by atoms with Crippen LogP contribution in [0.5, 0.6) is 5.75 Å². The smallest absolute Gasteiger partial charge is 0.307 e. The van der Waals surface area contributed by atoms with Crippen LogP contribution >= 0.6 is 0 Å². The molecule has 0 saturated heterocycles. The van der Waals surface area contributed by atoms with E-state index in [2.05, 4.69) is 25.5 Å². The molecule has 2 heterocycles. The number of hydrogen-bond donors (Lipinski definition) is 2. The average molecular weight is 449 g/mol. The molecule has 5 aromatic rings. The summed E-state index contributed by atoms with van der Waals surface area (Å²) in [5.74, 6) is -0.103. The number of hydrogen-bond acceptors (Lipinski definition) is 6. The van der Waals surface area contributed by atoms with Crippen molar-refractivity contribution in [1.29, 1.82) is 0 Å². The van der Waals surface area contributed by atoms with Gasteiger partial charge in [-0.25, -0.2) is 15.4 Å². The quantitative estimate of drug-likeness (QED) is 0.303. The Kier molecular flexibility index (Phi) is 5.77. The molecule has 0 saturated carbocycles. The summed E-state index contributed by atoms with van der Waals surface area (Å²) in [6.45, 7) is 0.424. The molecule has 5 rings (SSSR count). The van der Waals surface area contributed by atoms with Crippen LogP contribution in [-0.4, -0.2) is 27.1 Å². The summed E-state index contributed by atoms with van der Waals surface area (Å²) in [5, 5.41) is 5.30. The highest BCUT2D eigenvalue weighted by Crippen LogP contribution is 2.24. The third-order valence-corrected chi connectivity index (χ3v) is 5.13. The number of carbonyl (C=O) groups excluding carboxylic acids is 1. The van der Waals surface area contributed by atoms with E-state index in [0.29, 0.717) is 34.5 Å². The van der Waals surface area contributed by atoms with Gasteiger partial charge in [-0.15, -0.1) is 0 Å². The number of aromatic amines is 1. The minimum atomic E-state index is -0.633. The number of para-hydroxylation sites is 2. The number of amides is 1. The number of fused-ring (bicyclic) bond motifs is 2. The lowest BCUT2D eigenvalue weighted by molar-refractivity contribution is 0.0945. The molecule has 8 heteroatoms. The molecule has 0 aliphatic carbocycles. The molecule has 0 fully saturated rings. The van der Waals surface area contributed by atoms with Crippen LogP contribution in [0.2, 0.25) is 0 Å². The van der Waals surface area contributed by atoms with Gasteiger partial charge in [-0.2, -0.15) is 5.10 Å². The molecule has 0 aliphatic rings. The summed E-state index contributed by atoms with van der Waals surface area (Å²) in [6.07, 6.45) is 1.42. The summed E-state index contributed by atoms with van der Waals surface area (Å²) in [7, 11) is 0. The summed E-state index contributed by atoms with van der Waals surface area (Å²) < 4.78 is 5.99. The van der Waals surface area contributed by atoms with E-state index in [4.69, 9.17) is 4.74 Å². The van der Waals surface area contributed by atoms with Gasteiger partial charge in [0, 0.05) is 5.39 Å². The van der Waals surface area contributed by atoms with Crippen molar-refractivity contribution < 1.29 is 9.53 Å². The summed E-state index contributed by atoms with van der Waals surface area (Å²) in [6, 6.07) is 26.1. The molecule has 0 unspecified atom stereocenters. The number of benzene rings is 3. The molecule has 0 spiro atoms. The highest BCUT2D eigenvalue weighted by Gasteiger charge is 2.10. The number of hydrazone groups is 1. The number of carbonyl (C=O) groups is 1. The second-order valence-electron chi connectivity index (χ2n) is 7.47. The lowest BCUT2D eigenvalue weighted by atomic mass is 10.2. The standard InChI is InChI=1S/C26H19N5O3/c32-25-20-10-4-5-11-21(20)29-24(30-25)26(33)31-27-15-19-14-13-18-9-6-12-22(23(18)28-19)34-16-17-7-2-1-3-8-17/h1-15H,16H2,(H,31,33)(H,29,30,32)/b27-15+. The van der Waals surface area contributed by atoms with Crippen molar-refractivity contribution in [2.45, 2.75) is 6.61 Å². The van der Waals surface area contributed by atoms with E-state index in [1.807, 2.05) is 54.6 Å². The summed E-state index contributed by atoms with van der Waals surface area (Å²) in [5.41, 5.74) is 4.69. The van der Waals surface area contributed by atoms with Crippen LogP contribution in [0.25, 0.3) is 21.8 Å². The van der Waals surface area contributed by atoms with Gasteiger partial charge in [-0.1, -0.05) is 60.7 Å². The van der Waals surface area contributed by atoms with Crippen molar-refractivity contribution >= 4 is 33.9 Å². The largest absolute Gasteiger partial charge is 0.487 e. The van der Waals surface area contributed by atoms with Crippen molar-refractivity contribution in [3.8, 4) is 5.75 Å². The lowest BCUT2D eigenvalue weighted by Crippen LogP contribution is -2.24. The molecular formula is C26H19N5O3. The van der Waals surface area contributed by atoms with Gasteiger partial charge in [0.2, 0.25) is 5.82 Å². The number of rotatable bonds is 6. The highest BCUT2D eigenvalue weighted by atomic mass is 16.5. The molecular weight excluding hydrogens is 430 g/mol. The van der Waals surface area contributed by atoms with Gasteiger partial charge in [0.05, 0.1) is 22.8 Å². The molecule has 1 amide bonds. The number of nitrogens with one attached hydrogen (secondary N) is 2. The Morgan fingerprint density at radius 1 is 0.941 bits per heavy atom. The summed E-state index contributed by atoms with van der Waals surface area (Å²) in [4.78, 5) is 35.9. The van der Waals surface area contributed by atoms with E-state index in [1.165, 1.54) is 6.21 Å². The summed E-state index contributed by atoms with van der Waals surface area (Å²) >= 11 is 0. The molecule has 0 atom stereocenters. The SMILES string of the molecule is O=C(N/N=C/c1ccc2cccc(OCc3ccccc3)c2n1)c1nc2ccccc2c(=O)[nH]1. The second kappa shape index (κ2) is 9.33. The van der Waals surface area contributed by atoms with Gasteiger partial charge in [-0.05, 0) is 29.8 Å². The van der Waals surface area contributed by atoms with Gasteiger partial charge in [0.25, 0.3) is 5.56 Å². The third kappa shape index (κ3) is 4.51. The van der Waals surface area contributed by atoms with Crippen molar-refractivity contribution in [1.82, 2.24) is 20.4 Å². The third-order valence-electron chi connectivity index (χ3n) is 5.13. The molecule has 8 nitrogen and oxygen atoms in total. The van der Waals surface area contributed by atoms with Gasteiger partial charge < -0.3 is 9.72 Å².